The normalized spacial score (nSPS) is 26.2. The summed E-state index contributed by atoms with van der Waals surface area (Å²) in [4.78, 5) is 24.6. The SMILES string of the molecule is Cc1ccc(C(=O)OCC2OC(Cl)C(F)(Cl)C2OC(=O)c2ccc(C)cc2)cc1. The molecule has 1 aliphatic rings. The molecule has 0 amide bonds. The lowest BCUT2D eigenvalue weighted by atomic mass is 10.1. The highest BCUT2D eigenvalue weighted by molar-refractivity contribution is 6.31. The average molecular weight is 441 g/mol. The Morgan fingerprint density at radius 1 is 1.00 bits per heavy atom. The second-order valence-electron chi connectivity index (χ2n) is 6.82. The summed E-state index contributed by atoms with van der Waals surface area (Å²) in [5.41, 5.74) is 0.892. The van der Waals surface area contributed by atoms with E-state index < -0.39 is 34.8 Å². The van der Waals surface area contributed by atoms with Crippen molar-refractivity contribution in [2.24, 2.45) is 0 Å². The van der Waals surface area contributed by atoms with E-state index in [1.807, 2.05) is 13.8 Å². The molecular weight excluding hydrogens is 422 g/mol. The average Bonchev–Trinajstić information content (AvgIpc) is 2.90. The van der Waals surface area contributed by atoms with Gasteiger partial charge in [0.25, 0.3) is 5.13 Å². The van der Waals surface area contributed by atoms with E-state index >= 15 is 0 Å². The third-order valence-corrected chi connectivity index (χ3v) is 5.45. The molecule has 0 spiro atoms. The van der Waals surface area contributed by atoms with E-state index in [1.165, 1.54) is 0 Å². The Hall–Kier alpha value is -2.15. The summed E-state index contributed by atoms with van der Waals surface area (Å²) < 4.78 is 30.5. The molecule has 154 valence electrons. The van der Waals surface area contributed by atoms with Crippen LogP contribution in [0.3, 0.4) is 0 Å². The molecule has 4 unspecified atom stereocenters. The van der Waals surface area contributed by atoms with Crippen molar-refractivity contribution in [3.8, 4) is 0 Å². The molecule has 0 saturated carbocycles. The predicted octanol–water partition coefficient (Wildman–Crippen LogP) is 4.55. The molecular formula is C21H19Cl2FO5. The number of rotatable bonds is 5. The second kappa shape index (κ2) is 8.69. The van der Waals surface area contributed by atoms with Crippen molar-refractivity contribution in [1.82, 2.24) is 0 Å². The van der Waals surface area contributed by atoms with Crippen molar-refractivity contribution in [2.45, 2.75) is 36.7 Å². The summed E-state index contributed by atoms with van der Waals surface area (Å²) in [6.07, 6.45) is -2.73. The topological polar surface area (TPSA) is 61.8 Å². The van der Waals surface area contributed by atoms with Crippen LogP contribution < -0.4 is 0 Å². The Morgan fingerprint density at radius 3 is 2.00 bits per heavy atom. The zero-order valence-corrected chi connectivity index (χ0v) is 17.2. The number of benzene rings is 2. The highest BCUT2D eigenvalue weighted by Gasteiger charge is 2.59. The lowest BCUT2D eigenvalue weighted by Crippen LogP contribution is -2.42. The van der Waals surface area contributed by atoms with Crippen LogP contribution in [0.4, 0.5) is 4.39 Å². The van der Waals surface area contributed by atoms with Crippen LogP contribution in [-0.2, 0) is 14.2 Å². The largest absolute Gasteiger partial charge is 0.459 e. The van der Waals surface area contributed by atoms with E-state index in [1.54, 1.807) is 48.5 Å². The fourth-order valence-corrected chi connectivity index (χ4v) is 3.27. The quantitative estimate of drug-likeness (QED) is 0.503. The van der Waals surface area contributed by atoms with Gasteiger partial charge in [-0.15, -0.1) is 0 Å². The molecule has 5 nitrogen and oxygen atoms in total. The number of alkyl halides is 3. The maximum Gasteiger partial charge on any atom is 0.338 e. The summed E-state index contributed by atoms with van der Waals surface area (Å²) >= 11 is 11.7. The number of esters is 2. The van der Waals surface area contributed by atoms with Gasteiger partial charge in [-0.3, -0.25) is 0 Å². The van der Waals surface area contributed by atoms with E-state index in [0.717, 1.165) is 11.1 Å². The molecule has 0 aliphatic carbocycles. The predicted molar refractivity (Wildman–Crippen MR) is 106 cm³/mol. The fraction of sp³-hybridized carbons (Fsp3) is 0.333. The summed E-state index contributed by atoms with van der Waals surface area (Å²) in [5, 5.41) is -2.68. The van der Waals surface area contributed by atoms with Crippen molar-refractivity contribution in [2.75, 3.05) is 6.61 Å². The Kier molecular flexibility index (Phi) is 6.46. The lowest BCUT2D eigenvalue weighted by Gasteiger charge is -2.23. The molecule has 2 aromatic rings. The first kappa shape index (κ1) is 21.6. The first-order chi connectivity index (χ1) is 13.7. The van der Waals surface area contributed by atoms with Gasteiger partial charge in [-0.25, -0.2) is 14.0 Å². The van der Waals surface area contributed by atoms with Crippen molar-refractivity contribution >= 4 is 35.1 Å². The van der Waals surface area contributed by atoms with Crippen molar-refractivity contribution in [1.29, 1.82) is 0 Å². The van der Waals surface area contributed by atoms with Gasteiger partial charge < -0.3 is 14.2 Å². The van der Waals surface area contributed by atoms with Crippen LogP contribution >= 0.6 is 23.2 Å². The standard InChI is InChI=1S/C21H19Cl2FO5/c1-12-3-7-14(8-4-12)18(25)27-11-16-17(21(23,24)20(22)28-16)29-19(26)15-9-5-13(2)6-10-15/h3-10,16-17,20H,11H2,1-2H3. The van der Waals surface area contributed by atoms with E-state index in [-0.39, 0.29) is 12.2 Å². The number of halogens is 3. The van der Waals surface area contributed by atoms with Crippen molar-refractivity contribution in [3.63, 3.8) is 0 Å². The number of carbonyl (C=O) groups excluding carboxylic acids is 2. The minimum Gasteiger partial charge on any atom is -0.459 e. The van der Waals surface area contributed by atoms with Gasteiger partial charge in [0.05, 0.1) is 11.1 Å². The van der Waals surface area contributed by atoms with Crippen LogP contribution in [-0.4, -0.2) is 41.4 Å². The number of hydrogen-bond acceptors (Lipinski definition) is 5. The van der Waals surface area contributed by atoms with Crippen LogP contribution in [0.15, 0.2) is 48.5 Å². The number of carbonyl (C=O) groups is 2. The smallest absolute Gasteiger partial charge is 0.338 e. The second-order valence-corrected chi connectivity index (χ2v) is 7.80. The van der Waals surface area contributed by atoms with Crippen LogP contribution in [0.25, 0.3) is 0 Å². The summed E-state index contributed by atoms with van der Waals surface area (Å²) in [7, 11) is 0. The van der Waals surface area contributed by atoms with Gasteiger partial charge in [0, 0.05) is 0 Å². The Labute approximate surface area is 177 Å². The molecule has 1 saturated heterocycles. The third kappa shape index (κ3) is 4.89. The van der Waals surface area contributed by atoms with Crippen molar-refractivity contribution < 1.29 is 28.2 Å². The highest BCUT2D eigenvalue weighted by atomic mass is 35.5. The van der Waals surface area contributed by atoms with Gasteiger partial charge in [-0.2, -0.15) is 0 Å². The van der Waals surface area contributed by atoms with Gasteiger partial charge in [-0.1, -0.05) is 58.6 Å². The van der Waals surface area contributed by atoms with E-state index in [4.69, 9.17) is 37.4 Å². The number of hydrogen-bond donors (Lipinski definition) is 0. The molecule has 1 fully saturated rings. The molecule has 0 radical (unpaired) electrons. The molecule has 1 heterocycles. The summed E-state index contributed by atoms with van der Waals surface area (Å²) in [5.74, 6) is -1.42. The molecule has 3 rings (SSSR count). The van der Waals surface area contributed by atoms with Crippen LogP contribution in [0, 0.1) is 13.8 Å². The third-order valence-electron chi connectivity index (χ3n) is 4.50. The van der Waals surface area contributed by atoms with Gasteiger partial charge in [-0.05, 0) is 38.1 Å². The van der Waals surface area contributed by atoms with Gasteiger partial charge in [0.1, 0.15) is 12.7 Å². The molecule has 1 aliphatic heterocycles. The van der Waals surface area contributed by atoms with Crippen molar-refractivity contribution in [3.05, 3.63) is 70.8 Å². The maximum absolute atomic E-state index is 14.8. The first-order valence-electron chi connectivity index (χ1n) is 8.87. The number of ether oxygens (including phenoxy) is 3. The molecule has 0 bridgehead atoms. The zero-order chi connectivity index (χ0) is 21.2. The Bertz CT molecular complexity index is 883. The molecule has 8 heteroatoms. The molecule has 0 aromatic heterocycles. The Morgan fingerprint density at radius 2 is 1.48 bits per heavy atom. The van der Waals surface area contributed by atoms with Gasteiger partial charge in [0.2, 0.25) is 0 Å². The fourth-order valence-electron chi connectivity index (χ4n) is 2.78. The molecule has 0 N–H and O–H groups in total. The summed E-state index contributed by atoms with van der Waals surface area (Å²) in [6, 6.07) is 13.3. The van der Waals surface area contributed by atoms with E-state index in [9.17, 15) is 14.0 Å². The first-order valence-corrected chi connectivity index (χ1v) is 9.68. The summed E-state index contributed by atoms with van der Waals surface area (Å²) in [6.45, 7) is 3.36. The highest BCUT2D eigenvalue weighted by Crippen LogP contribution is 2.42. The van der Waals surface area contributed by atoms with Crippen LogP contribution in [0.2, 0.25) is 0 Å². The zero-order valence-electron chi connectivity index (χ0n) is 15.7. The lowest BCUT2D eigenvalue weighted by molar-refractivity contribution is -0.0370. The molecule has 29 heavy (non-hydrogen) atoms. The molecule has 4 atom stereocenters. The van der Waals surface area contributed by atoms with Crippen LogP contribution in [0.5, 0.6) is 0 Å². The van der Waals surface area contributed by atoms with Gasteiger partial charge in [0.15, 0.2) is 11.7 Å². The maximum atomic E-state index is 14.8. The van der Waals surface area contributed by atoms with E-state index in [0.29, 0.717) is 5.56 Å². The van der Waals surface area contributed by atoms with Gasteiger partial charge >= 0.3 is 11.9 Å². The van der Waals surface area contributed by atoms with Crippen LogP contribution in [0.1, 0.15) is 31.8 Å². The number of aryl methyl sites for hydroxylation is 2. The minimum atomic E-state index is -2.68. The van der Waals surface area contributed by atoms with E-state index in [2.05, 4.69) is 0 Å². The monoisotopic (exact) mass is 440 g/mol. The minimum absolute atomic E-state index is 0.219. The Balaban J connectivity index is 1.69. The molecule has 2 aromatic carbocycles.